The van der Waals surface area contributed by atoms with Crippen molar-refractivity contribution in [1.29, 1.82) is 0 Å². The average molecular weight is 285 g/mol. The van der Waals surface area contributed by atoms with E-state index in [4.69, 9.17) is 4.74 Å². The molecule has 2 rings (SSSR count). The summed E-state index contributed by atoms with van der Waals surface area (Å²) in [5, 5.41) is 12.5. The van der Waals surface area contributed by atoms with Crippen LogP contribution in [-0.2, 0) is 6.54 Å². The van der Waals surface area contributed by atoms with Gasteiger partial charge in [-0.3, -0.25) is 0 Å². The summed E-state index contributed by atoms with van der Waals surface area (Å²) < 4.78 is 5.21. The molecule has 110 valence electrons. The summed E-state index contributed by atoms with van der Waals surface area (Å²) in [7, 11) is 1.64. The third kappa shape index (κ3) is 3.83. The number of benzene rings is 2. The van der Waals surface area contributed by atoms with Gasteiger partial charge >= 0.3 is 5.97 Å². The van der Waals surface area contributed by atoms with Crippen LogP contribution in [0.5, 0.6) is 5.75 Å². The topological polar surface area (TPSA) is 58.6 Å². The summed E-state index contributed by atoms with van der Waals surface area (Å²) in [5.74, 6) is -0.0893. The summed E-state index contributed by atoms with van der Waals surface area (Å²) in [6.07, 6.45) is 0. The van der Waals surface area contributed by atoms with Gasteiger partial charge in [0.1, 0.15) is 5.75 Å². The molecule has 0 aliphatic carbocycles. The van der Waals surface area contributed by atoms with Gasteiger partial charge in [-0.1, -0.05) is 30.3 Å². The van der Waals surface area contributed by atoms with Crippen LogP contribution in [-0.4, -0.2) is 18.2 Å². The van der Waals surface area contributed by atoms with Crippen molar-refractivity contribution in [3.8, 4) is 5.75 Å². The second-order valence-corrected chi connectivity index (χ2v) is 4.84. The predicted octanol–water partition coefficient (Wildman–Crippen LogP) is 3.24. The van der Waals surface area contributed by atoms with Crippen molar-refractivity contribution in [2.24, 2.45) is 0 Å². The van der Waals surface area contributed by atoms with E-state index in [-0.39, 0.29) is 6.04 Å². The molecule has 0 aromatic heterocycles. The van der Waals surface area contributed by atoms with E-state index in [1.807, 2.05) is 43.3 Å². The highest BCUT2D eigenvalue weighted by Gasteiger charge is 2.11. The first-order chi connectivity index (χ1) is 10.1. The molecule has 0 aliphatic heterocycles. The molecule has 0 aliphatic rings. The van der Waals surface area contributed by atoms with Crippen molar-refractivity contribution in [3.05, 3.63) is 65.2 Å². The number of hydrogen-bond donors (Lipinski definition) is 2. The van der Waals surface area contributed by atoms with Crippen molar-refractivity contribution >= 4 is 5.97 Å². The van der Waals surface area contributed by atoms with Crippen LogP contribution in [0.2, 0.25) is 0 Å². The highest BCUT2D eigenvalue weighted by molar-refractivity contribution is 5.89. The van der Waals surface area contributed by atoms with E-state index >= 15 is 0 Å². The standard InChI is InChI=1S/C17H19NO3/c1-12(13-7-5-8-15(10-13)21-2)18-11-14-6-3-4-9-16(14)17(19)20/h3-10,12,18H,11H2,1-2H3,(H,19,20)/t12-/m0/s1. The first-order valence-corrected chi connectivity index (χ1v) is 6.80. The Morgan fingerprint density at radius 2 is 2.00 bits per heavy atom. The largest absolute Gasteiger partial charge is 0.497 e. The molecule has 4 heteroatoms. The highest BCUT2D eigenvalue weighted by atomic mass is 16.5. The zero-order valence-electron chi connectivity index (χ0n) is 12.2. The van der Waals surface area contributed by atoms with Gasteiger partial charge in [0.05, 0.1) is 12.7 Å². The smallest absolute Gasteiger partial charge is 0.336 e. The summed E-state index contributed by atoms with van der Waals surface area (Å²) >= 11 is 0. The first-order valence-electron chi connectivity index (χ1n) is 6.80. The lowest BCUT2D eigenvalue weighted by molar-refractivity contribution is 0.0695. The molecule has 2 N–H and O–H groups in total. The molecular weight excluding hydrogens is 266 g/mol. The SMILES string of the molecule is COc1cccc([C@H](C)NCc2ccccc2C(=O)O)c1. The van der Waals surface area contributed by atoms with Crippen LogP contribution < -0.4 is 10.1 Å². The monoisotopic (exact) mass is 285 g/mol. The molecule has 4 nitrogen and oxygen atoms in total. The normalized spacial score (nSPS) is 11.9. The Hall–Kier alpha value is -2.33. The average Bonchev–Trinajstić information content (AvgIpc) is 2.52. The zero-order chi connectivity index (χ0) is 15.2. The Labute approximate surface area is 124 Å². The summed E-state index contributed by atoms with van der Waals surface area (Å²) in [5.41, 5.74) is 2.21. The Balaban J connectivity index is 2.07. The van der Waals surface area contributed by atoms with Crippen LogP contribution in [0.3, 0.4) is 0 Å². The van der Waals surface area contributed by atoms with Gasteiger partial charge in [-0.05, 0) is 36.2 Å². The van der Waals surface area contributed by atoms with E-state index in [1.165, 1.54) is 0 Å². The molecule has 0 heterocycles. The minimum Gasteiger partial charge on any atom is -0.497 e. The van der Waals surface area contributed by atoms with Crippen LogP contribution in [0.15, 0.2) is 48.5 Å². The van der Waals surface area contributed by atoms with Crippen LogP contribution in [0.1, 0.15) is 34.5 Å². The number of aromatic carboxylic acids is 1. The van der Waals surface area contributed by atoms with E-state index in [2.05, 4.69) is 5.32 Å². The fourth-order valence-corrected chi connectivity index (χ4v) is 2.17. The van der Waals surface area contributed by atoms with E-state index in [9.17, 15) is 9.90 Å². The van der Waals surface area contributed by atoms with Gasteiger partial charge in [-0.15, -0.1) is 0 Å². The van der Waals surface area contributed by atoms with Crippen LogP contribution >= 0.6 is 0 Å². The van der Waals surface area contributed by atoms with Crippen molar-refractivity contribution in [1.82, 2.24) is 5.32 Å². The van der Waals surface area contributed by atoms with Crippen molar-refractivity contribution in [2.45, 2.75) is 19.5 Å². The summed E-state index contributed by atoms with van der Waals surface area (Å²) in [6.45, 7) is 2.54. The Bertz CT molecular complexity index is 625. The molecule has 0 bridgehead atoms. The molecule has 0 saturated carbocycles. The summed E-state index contributed by atoms with van der Waals surface area (Å²) in [6, 6.07) is 15.0. The number of carboxylic acids is 1. The number of rotatable bonds is 6. The maximum Gasteiger partial charge on any atom is 0.336 e. The first kappa shape index (κ1) is 15.1. The molecule has 2 aromatic carbocycles. The van der Waals surface area contributed by atoms with Gasteiger partial charge in [-0.2, -0.15) is 0 Å². The minimum atomic E-state index is -0.901. The third-order valence-electron chi connectivity index (χ3n) is 3.44. The van der Waals surface area contributed by atoms with Gasteiger partial charge in [0.15, 0.2) is 0 Å². The Morgan fingerprint density at radius 1 is 1.24 bits per heavy atom. The molecule has 1 atom stereocenters. The molecule has 2 aromatic rings. The van der Waals surface area contributed by atoms with Crippen LogP contribution in [0, 0.1) is 0 Å². The molecular formula is C17H19NO3. The van der Waals surface area contributed by atoms with Gasteiger partial charge < -0.3 is 15.2 Å². The van der Waals surface area contributed by atoms with E-state index < -0.39 is 5.97 Å². The van der Waals surface area contributed by atoms with Crippen molar-refractivity contribution < 1.29 is 14.6 Å². The molecule has 0 radical (unpaired) electrons. The lowest BCUT2D eigenvalue weighted by Gasteiger charge is -2.16. The Morgan fingerprint density at radius 3 is 2.71 bits per heavy atom. The second-order valence-electron chi connectivity index (χ2n) is 4.84. The molecule has 0 unspecified atom stereocenters. The maximum atomic E-state index is 11.2. The van der Waals surface area contributed by atoms with E-state index in [1.54, 1.807) is 19.2 Å². The predicted molar refractivity (Wildman–Crippen MR) is 81.7 cm³/mol. The number of nitrogens with one attached hydrogen (secondary N) is 1. The fraction of sp³-hybridized carbons (Fsp3) is 0.235. The molecule has 21 heavy (non-hydrogen) atoms. The molecule has 0 saturated heterocycles. The van der Waals surface area contributed by atoms with Gasteiger partial charge in [0.25, 0.3) is 0 Å². The van der Waals surface area contributed by atoms with E-state index in [0.29, 0.717) is 12.1 Å². The number of methoxy groups -OCH3 is 1. The molecule has 0 fully saturated rings. The van der Waals surface area contributed by atoms with Gasteiger partial charge in [0, 0.05) is 12.6 Å². The lowest BCUT2D eigenvalue weighted by atomic mass is 10.1. The minimum absolute atomic E-state index is 0.0990. The summed E-state index contributed by atoms with van der Waals surface area (Å²) in [4.78, 5) is 11.2. The fourth-order valence-electron chi connectivity index (χ4n) is 2.17. The van der Waals surface area contributed by atoms with E-state index in [0.717, 1.165) is 16.9 Å². The molecule has 0 spiro atoms. The Kier molecular flexibility index (Phi) is 4.95. The number of carbonyl (C=O) groups is 1. The van der Waals surface area contributed by atoms with Crippen LogP contribution in [0.4, 0.5) is 0 Å². The van der Waals surface area contributed by atoms with Crippen molar-refractivity contribution in [3.63, 3.8) is 0 Å². The van der Waals surface area contributed by atoms with Crippen LogP contribution in [0.25, 0.3) is 0 Å². The maximum absolute atomic E-state index is 11.2. The number of hydrogen-bond acceptors (Lipinski definition) is 3. The van der Waals surface area contributed by atoms with Gasteiger partial charge in [-0.25, -0.2) is 4.79 Å². The number of ether oxygens (including phenoxy) is 1. The molecule has 0 amide bonds. The van der Waals surface area contributed by atoms with Gasteiger partial charge in [0.2, 0.25) is 0 Å². The third-order valence-corrected chi connectivity index (χ3v) is 3.44. The highest BCUT2D eigenvalue weighted by Crippen LogP contribution is 2.19. The van der Waals surface area contributed by atoms with Crippen molar-refractivity contribution in [2.75, 3.05) is 7.11 Å². The zero-order valence-corrected chi connectivity index (χ0v) is 12.2. The number of carboxylic acid groups (broad SMARTS) is 1. The lowest BCUT2D eigenvalue weighted by Crippen LogP contribution is -2.19. The quantitative estimate of drug-likeness (QED) is 0.855. The second kappa shape index (κ2) is 6.90.